The number of aromatic nitrogens is 5. The molecule has 1 saturated heterocycles. The minimum absolute atomic E-state index is 0.0762. The number of likely N-dealkylation sites (tertiary alicyclic amines) is 1. The molecule has 0 aliphatic carbocycles. The van der Waals surface area contributed by atoms with Crippen molar-refractivity contribution in [2.75, 3.05) is 19.6 Å². The molecule has 0 radical (unpaired) electrons. The number of aromatic amines is 1. The number of hydrogen-bond donors (Lipinski definition) is 1. The fourth-order valence-corrected chi connectivity index (χ4v) is 4.68. The van der Waals surface area contributed by atoms with E-state index in [9.17, 15) is 4.79 Å². The van der Waals surface area contributed by atoms with Crippen LogP contribution in [0.4, 0.5) is 0 Å². The zero-order valence-corrected chi connectivity index (χ0v) is 17.1. The molecule has 4 heterocycles. The van der Waals surface area contributed by atoms with Gasteiger partial charge in [-0.25, -0.2) is 14.3 Å². The minimum atomic E-state index is -0.0896. The van der Waals surface area contributed by atoms with E-state index in [1.165, 1.54) is 0 Å². The van der Waals surface area contributed by atoms with E-state index >= 15 is 0 Å². The van der Waals surface area contributed by atoms with Crippen molar-refractivity contribution in [3.05, 3.63) is 52.3 Å². The molecule has 152 valence electrons. The predicted octanol–water partition coefficient (Wildman–Crippen LogP) is 2.82. The van der Waals surface area contributed by atoms with E-state index in [4.69, 9.17) is 5.26 Å². The van der Waals surface area contributed by atoms with E-state index in [-0.39, 0.29) is 11.7 Å². The molecular formula is C22H23N7O. The van der Waals surface area contributed by atoms with Gasteiger partial charge in [0.15, 0.2) is 5.65 Å². The molecule has 1 aliphatic rings. The molecule has 1 N–H and O–H groups in total. The Hall–Kier alpha value is -3.44. The zero-order chi connectivity index (χ0) is 20.8. The highest BCUT2D eigenvalue weighted by atomic mass is 16.1. The van der Waals surface area contributed by atoms with Crippen molar-refractivity contribution in [3.8, 4) is 17.2 Å². The number of piperidine rings is 1. The number of H-pyrrole nitrogens is 1. The number of nitrogens with one attached hydrogen (secondary N) is 1. The van der Waals surface area contributed by atoms with Gasteiger partial charge in [0, 0.05) is 18.3 Å². The van der Waals surface area contributed by atoms with Gasteiger partial charge in [-0.1, -0.05) is 0 Å². The lowest BCUT2D eigenvalue weighted by Gasteiger charge is -2.31. The SMILES string of the molecule is Cc1cc2c(cc1-c1cc(C)c3ncnn3c1)[nH]c(=O)n2C1CCCN(CC#N)C1. The lowest BCUT2D eigenvalue weighted by atomic mass is 9.99. The molecule has 8 nitrogen and oxygen atoms in total. The minimum Gasteiger partial charge on any atom is -0.306 e. The number of pyridine rings is 1. The van der Waals surface area contributed by atoms with E-state index in [0.717, 1.165) is 64.9 Å². The molecule has 1 fully saturated rings. The Labute approximate surface area is 173 Å². The predicted molar refractivity (Wildman–Crippen MR) is 114 cm³/mol. The first-order valence-electron chi connectivity index (χ1n) is 10.2. The Balaban J connectivity index is 1.60. The molecule has 0 amide bonds. The first-order valence-corrected chi connectivity index (χ1v) is 10.2. The number of benzene rings is 1. The highest BCUT2D eigenvalue weighted by molar-refractivity contribution is 5.84. The first-order chi connectivity index (χ1) is 14.5. The largest absolute Gasteiger partial charge is 0.326 e. The number of nitrogens with zero attached hydrogens (tertiary/aromatic N) is 6. The molecule has 0 spiro atoms. The maximum atomic E-state index is 12.9. The summed E-state index contributed by atoms with van der Waals surface area (Å²) in [4.78, 5) is 22.3. The molecule has 1 atom stereocenters. The second-order valence-electron chi connectivity index (χ2n) is 8.11. The number of fused-ring (bicyclic) bond motifs is 2. The van der Waals surface area contributed by atoms with Crippen molar-refractivity contribution in [1.82, 2.24) is 29.0 Å². The molecule has 3 aromatic heterocycles. The summed E-state index contributed by atoms with van der Waals surface area (Å²) in [5, 5.41) is 13.3. The quantitative estimate of drug-likeness (QED) is 0.533. The Bertz CT molecular complexity index is 1350. The fourth-order valence-electron chi connectivity index (χ4n) is 4.68. The highest BCUT2D eigenvalue weighted by Gasteiger charge is 2.24. The Morgan fingerprint density at radius 1 is 1.27 bits per heavy atom. The van der Waals surface area contributed by atoms with Crippen molar-refractivity contribution in [3.63, 3.8) is 0 Å². The highest BCUT2D eigenvalue weighted by Crippen LogP contribution is 2.31. The number of rotatable bonds is 3. The van der Waals surface area contributed by atoms with Crippen LogP contribution >= 0.6 is 0 Å². The molecule has 8 heteroatoms. The van der Waals surface area contributed by atoms with Gasteiger partial charge in [0.25, 0.3) is 0 Å². The van der Waals surface area contributed by atoms with Crippen LogP contribution in [0.5, 0.6) is 0 Å². The van der Waals surface area contributed by atoms with Crippen LogP contribution in [0.1, 0.15) is 30.0 Å². The molecule has 30 heavy (non-hydrogen) atoms. The monoisotopic (exact) mass is 401 g/mol. The normalized spacial score (nSPS) is 17.6. The van der Waals surface area contributed by atoms with Gasteiger partial charge >= 0.3 is 5.69 Å². The zero-order valence-electron chi connectivity index (χ0n) is 17.1. The molecule has 4 aromatic rings. The second-order valence-corrected chi connectivity index (χ2v) is 8.11. The van der Waals surface area contributed by atoms with E-state index in [2.05, 4.69) is 51.2 Å². The maximum absolute atomic E-state index is 12.9. The number of hydrogen-bond acceptors (Lipinski definition) is 5. The molecule has 1 aromatic carbocycles. The van der Waals surface area contributed by atoms with Crippen LogP contribution in [0.25, 0.3) is 27.8 Å². The van der Waals surface area contributed by atoms with Crippen LogP contribution in [0, 0.1) is 25.2 Å². The van der Waals surface area contributed by atoms with Crippen LogP contribution in [0.15, 0.2) is 35.5 Å². The van der Waals surface area contributed by atoms with E-state index in [1.54, 1.807) is 10.8 Å². The number of aryl methyl sites for hydroxylation is 2. The fraction of sp³-hybridized carbons (Fsp3) is 0.364. The molecule has 5 rings (SSSR count). The van der Waals surface area contributed by atoms with Crippen molar-refractivity contribution in [2.24, 2.45) is 0 Å². The third-order valence-electron chi connectivity index (χ3n) is 6.07. The number of imidazole rings is 1. The molecule has 0 bridgehead atoms. The van der Waals surface area contributed by atoms with Crippen LogP contribution in [-0.4, -0.2) is 48.7 Å². The molecular weight excluding hydrogens is 378 g/mol. The smallest absolute Gasteiger partial charge is 0.306 e. The lowest BCUT2D eigenvalue weighted by Crippen LogP contribution is -2.39. The summed E-state index contributed by atoms with van der Waals surface area (Å²) in [5.74, 6) is 0. The van der Waals surface area contributed by atoms with Gasteiger partial charge in [-0.05, 0) is 68.1 Å². The topological polar surface area (TPSA) is 95.0 Å². The summed E-state index contributed by atoms with van der Waals surface area (Å²) in [6, 6.07) is 8.55. The second kappa shape index (κ2) is 7.11. The van der Waals surface area contributed by atoms with Crippen LogP contribution < -0.4 is 5.69 Å². The maximum Gasteiger partial charge on any atom is 0.326 e. The number of nitriles is 1. The Morgan fingerprint density at radius 3 is 2.97 bits per heavy atom. The summed E-state index contributed by atoms with van der Waals surface area (Å²) in [6.07, 6.45) is 5.45. The van der Waals surface area contributed by atoms with E-state index < -0.39 is 0 Å². The average Bonchev–Trinajstić information content (AvgIpc) is 3.31. The van der Waals surface area contributed by atoms with Gasteiger partial charge in [0.2, 0.25) is 0 Å². The van der Waals surface area contributed by atoms with Gasteiger partial charge in [-0.2, -0.15) is 10.4 Å². The summed E-state index contributed by atoms with van der Waals surface area (Å²) in [5.41, 5.74) is 6.75. The van der Waals surface area contributed by atoms with Crippen molar-refractivity contribution in [2.45, 2.75) is 32.7 Å². The Morgan fingerprint density at radius 2 is 2.13 bits per heavy atom. The van der Waals surface area contributed by atoms with Crippen LogP contribution in [0.2, 0.25) is 0 Å². The average molecular weight is 401 g/mol. The van der Waals surface area contributed by atoms with E-state index in [0.29, 0.717) is 6.54 Å². The van der Waals surface area contributed by atoms with E-state index in [1.807, 2.05) is 17.7 Å². The lowest BCUT2D eigenvalue weighted by molar-refractivity contribution is 0.196. The van der Waals surface area contributed by atoms with Gasteiger partial charge in [0.05, 0.1) is 29.7 Å². The first kappa shape index (κ1) is 18.6. The van der Waals surface area contributed by atoms with Crippen molar-refractivity contribution < 1.29 is 0 Å². The molecule has 0 saturated carbocycles. The third-order valence-corrected chi connectivity index (χ3v) is 6.07. The third kappa shape index (κ3) is 2.99. The van der Waals surface area contributed by atoms with Crippen molar-refractivity contribution in [1.29, 1.82) is 5.26 Å². The Kier molecular flexibility index (Phi) is 4.40. The summed E-state index contributed by atoms with van der Waals surface area (Å²) in [7, 11) is 0. The van der Waals surface area contributed by atoms with Crippen LogP contribution in [-0.2, 0) is 0 Å². The standard InChI is InChI=1S/C22H23N7O/c1-14-9-20-19(10-18(14)16-8-15(2)21-24-13-25-28(21)11-16)26-22(30)29(20)17-4-3-6-27(12-17)7-5-23/h8-11,13,17H,3-4,6-7,12H2,1-2H3,(H,26,30). The molecule has 1 unspecified atom stereocenters. The van der Waals surface area contributed by atoms with Crippen LogP contribution in [0.3, 0.4) is 0 Å². The van der Waals surface area contributed by atoms with Gasteiger partial charge in [-0.15, -0.1) is 0 Å². The summed E-state index contributed by atoms with van der Waals surface area (Å²) >= 11 is 0. The van der Waals surface area contributed by atoms with Gasteiger partial charge < -0.3 is 4.98 Å². The summed E-state index contributed by atoms with van der Waals surface area (Å²) < 4.78 is 3.66. The molecule has 1 aliphatic heterocycles. The summed E-state index contributed by atoms with van der Waals surface area (Å²) in [6.45, 7) is 6.13. The van der Waals surface area contributed by atoms with Crippen molar-refractivity contribution >= 4 is 16.7 Å². The van der Waals surface area contributed by atoms with Gasteiger partial charge in [0.1, 0.15) is 6.33 Å². The van der Waals surface area contributed by atoms with Gasteiger partial charge in [-0.3, -0.25) is 9.47 Å².